The average molecular weight is 266 g/mol. The lowest BCUT2D eigenvalue weighted by atomic mass is 9.79. The maximum Gasteiger partial charge on any atom is 0.240 e. The molecule has 0 fully saturated rings. The Balaban J connectivity index is 4.51. The number of carbonyl (C=O) groups excluding carboxylic acids is 1. The van der Waals surface area contributed by atoms with E-state index >= 15 is 0 Å². The number of unbranched alkanes of at least 4 members (excludes halogenated alkanes) is 2. The van der Waals surface area contributed by atoms with E-state index in [9.17, 15) is 10.1 Å². The first-order valence-corrected chi connectivity index (χ1v) is 7.78. The molecule has 110 valence electrons. The van der Waals surface area contributed by atoms with Gasteiger partial charge in [0.05, 0.1) is 6.07 Å². The van der Waals surface area contributed by atoms with E-state index in [0.717, 1.165) is 25.7 Å². The third-order valence-corrected chi connectivity index (χ3v) is 3.62. The molecule has 1 unspecified atom stereocenters. The van der Waals surface area contributed by atoms with Gasteiger partial charge in [0.1, 0.15) is 5.41 Å². The van der Waals surface area contributed by atoms with E-state index in [-0.39, 0.29) is 11.9 Å². The zero-order valence-corrected chi connectivity index (χ0v) is 13.1. The molecule has 0 spiro atoms. The third kappa shape index (κ3) is 6.09. The fraction of sp³-hybridized carbons (Fsp3) is 0.875. The van der Waals surface area contributed by atoms with Crippen molar-refractivity contribution in [3.8, 4) is 6.07 Å². The molecule has 0 radical (unpaired) electrons. The molecular weight excluding hydrogens is 236 g/mol. The number of amides is 1. The molecule has 0 aliphatic heterocycles. The lowest BCUT2D eigenvalue weighted by molar-refractivity contribution is -0.129. The molecule has 0 aliphatic rings. The van der Waals surface area contributed by atoms with Crippen molar-refractivity contribution in [3.63, 3.8) is 0 Å². The number of hydrogen-bond acceptors (Lipinski definition) is 2. The summed E-state index contributed by atoms with van der Waals surface area (Å²) in [7, 11) is 0. The van der Waals surface area contributed by atoms with Crippen molar-refractivity contribution in [2.24, 2.45) is 5.41 Å². The van der Waals surface area contributed by atoms with Crippen molar-refractivity contribution in [1.29, 1.82) is 5.26 Å². The highest BCUT2D eigenvalue weighted by Gasteiger charge is 2.37. The summed E-state index contributed by atoms with van der Waals surface area (Å²) < 4.78 is 0. The molecule has 0 bridgehead atoms. The molecular formula is C16H30N2O. The average Bonchev–Trinajstić information content (AvgIpc) is 2.38. The van der Waals surface area contributed by atoms with Crippen molar-refractivity contribution in [2.45, 2.75) is 85.1 Å². The zero-order valence-electron chi connectivity index (χ0n) is 13.1. The van der Waals surface area contributed by atoms with Gasteiger partial charge in [-0.05, 0) is 26.2 Å². The second kappa shape index (κ2) is 9.83. The van der Waals surface area contributed by atoms with Crippen LogP contribution in [-0.2, 0) is 4.79 Å². The van der Waals surface area contributed by atoms with E-state index in [1.54, 1.807) is 0 Å². The summed E-state index contributed by atoms with van der Waals surface area (Å²) in [6, 6.07) is 2.44. The van der Waals surface area contributed by atoms with Crippen LogP contribution in [0.2, 0.25) is 0 Å². The molecule has 0 heterocycles. The number of nitrogens with one attached hydrogen (secondary N) is 1. The Kier molecular flexibility index (Phi) is 9.30. The van der Waals surface area contributed by atoms with Gasteiger partial charge in [0, 0.05) is 6.04 Å². The summed E-state index contributed by atoms with van der Waals surface area (Å²) in [6.07, 6.45) is 7.58. The topological polar surface area (TPSA) is 52.9 Å². The Morgan fingerprint density at radius 3 is 2.16 bits per heavy atom. The summed E-state index contributed by atoms with van der Waals surface area (Å²) in [5.41, 5.74) is -0.817. The Morgan fingerprint density at radius 1 is 1.16 bits per heavy atom. The molecule has 1 atom stereocenters. The lowest BCUT2D eigenvalue weighted by Crippen LogP contribution is -2.44. The zero-order chi connectivity index (χ0) is 14.7. The smallest absolute Gasteiger partial charge is 0.240 e. The fourth-order valence-corrected chi connectivity index (χ4v) is 2.50. The first-order valence-electron chi connectivity index (χ1n) is 7.78. The molecule has 19 heavy (non-hydrogen) atoms. The van der Waals surface area contributed by atoms with Gasteiger partial charge >= 0.3 is 0 Å². The van der Waals surface area contributed by atoms with Gasteiger partial charge in [0.15, 0.2) is 0 Å². The quantitative estimate of drug-likeness (QED) is 0.603. The van der Waals surface area contributed by atoms with E-state index in [4.69, 9.17) is 0 Å². The molecule has 0 aromatic carbocycles. The van der Waals surface area contributed by atoms with Crippen LogP contribution in [0.1, 0.15) is 79.1 Å². The van der Waals surface area contributed by atoms with Crippen molar-refractivity contribution >= 4 is 5.91 Å². The van der Waals surface area contributed by atoms with Gasteiger partial charge in [-0.1, -0.05) is 52.9 Å². The minimum atomic E-state index is -0.817. The van der Waals surface area contributed by atoms with Crippen LogP contribution in [0.15, 0.2) is 0 Å². The van der Waals surface area contributed by atoms with Crippen molar-refractivity contribution in [1.82, 2.24) is 5.32 Å². The number of hydrogen-bond donors (Lipinski definition) is 1. The highest BCUT2D eigenvalue weighted by atomic mass is 16.2. The number of nitriles is 1. The Bertz CT molecular complexity index is 288. The monoisotopic (exact) mass is 266 g/mol. The summed E-state index contributed by atoms with van der Waals surface area (Å²) in [6.45, 7) is 8.26. The number of nitrogens with zero attached hydrogens (tertiary/aromatic N) is 1. The van der Waals surface area contributed by atoms with Crippen molar-refractivity contribution < 1.29 is 4.79 Å². The highest BCUT2D eigenvalue weighted by Crippen LogP contribution is 2.29. The van der Waals surface area contributed by atoms with Crippen LogP contribution in [0, 0.1) is 16.7 Å². The molecule has 3 heteroatoms. The molecule has 3 nitrogen and oxygen atoms in total. The van der Waals surface area contributed by atoms with E-state index in [1.807, 2.05) is 20.8 Å². The summed E-state index contributed by atoms with van der Waals surface area (Å²) in [5, 5.41) is 12.5. The van der Waals surface area contributed by atoms with Crippen molar-refractivity contribution in [3.05, 3.63) is 0 Å². The van der Waals surface area contributed by atoms with Gasteiger partial charge in [-0.25, -0.2) is 0 Å². The Morgan fingerprint density at radius 2 is 1.74 bits per heavy atom. The molecule has 0 aromatic rings. The predicted molar refractivity (Wildman–Crippen MR) is 79.6 cm³/mol. The first-order chi connectivity index (χ1) is 9.06. The minimum Gasteiger partial charge on any atom is -0.352 e. The summed E-state index contributed by atoms with van der Waals surface area (Å²) in [4.78, 5) is 12.4. The van der Waals surface area contributed by atoms with Crippen LogP contribution in [0.5, 0.6) is 0 Å². The van der Waals surface area contributed by atoms with Gasteiger partial charge in [0.25, 0.3) is 0 Å². The molecule has 1 N–H and O–H groups in total. The van der Waals surface area contributed by atoms with Gasteiger partial charge in [-0.15, -0.1) is 0 Å². The van der Waals surface area contributed by atoms with Crippen LogP contribution in [0.3, 0.4) is 0 Å². The number of carbonyl (C=O) groups is 1. The molecule has 0 aliphatic carbocycles. The first kappa shape index (κ1) is 18.0. The van der Waals surface area contributed by atoms with Crippen molar-refractivity contribution in [2.75, 3.05) is 0 Å². The summed E-state index contributed by atoms with van der Waals surface area (Å²) >= 11 is 0. The van der Waals surface area contributed by atoms with Gasteiger partial charge in [-0.3, -0.25) is 4.79 Å². The second-order valence-corrected chi connectivity index (χ2v) is 5.56. The van der Waals surface area contributed by atoms with E-state index < -0.39 is 5.41 Å². The second-order valence-electron chi connectivity index (χ2n) is 5.56. The van der Waals surface area contributed by atoms with Gasteiger partial charge in [-0.2, -0.15) is 5.26 Å². The lowest BCUT2D eigenvalue weighted by Gasteiger charge is -2.26. The number of rotatable bonds is 10. The molecule has 0 aromatic heterocycles. The van der Waals surface area contributed by atoms with Crippen LogP contribution >= 0.6 is 0 Å². The fourth-order valence-electron chi connectivity index (χ4n) is 2.50. The van der Waals surface area contributed by atoms with E-state index in [0.29, 0.717) is 12.8 Å². The van der Waals surface area contributed by atoms with Gasteiger partial charge in [0.2, 0.25) is 5.91 Å². The minimum absolute atomic E-state index is 0.0669. The third-order valence-electron chi connectivity index (χ3n) is 3.62. The molecule has 1 amide bonds. The molecule has 0 rings (SSSR count). The standard InChI is InChI=1S/C16H30N2O/c1-5-8-9-10-14(4)18-15(19)16(13-17,11-6-2)12-7-3/h14H,5-12H2,1-4H3,(H,18,19). The maximum absolute atomic E-state index is 12.4. The van der Waals surface area contributed by atoms with Crippen LogP contribution < -0.4 is 5.32 Å². The largest absolute Gasteiger partial charge is 0.352 e. The normalized spacial score (nSPS) is 12.8. The van der Waals surface area contributed by atoms with Gasteiger partial charge < -0.3 is 5.32 Å². The Hall–Kier alpha value is -1.04. The van der Waals surface area contributed by atoms with Crippen LogP contribution in [-0.4, -0.2) is 11.9 Å². The van der Waals surface area contributed by atoms with E-state index in [1.165, 1.54) is 12.8 Å². The predicted octanol–water partition coefficient (Wildman–Crippen LogP) is 4.18. The SMILES string of the molecule is CCCCCC(C)NC(=O)C(C#N)(CCC)CCC. The van der Waals surface area contributed by atoms with Crippen LogP contribution in [0.4, 0.5) is 0 Å². The molecule has 0 saturated heterocycles. The summed E-state index contributed by atoms with van der Waals surface area (Å²) in [5.74, 6) is -0.0669. The van der Waals surface area contributed by atoms with E-state index in [2.05, 4.69) is 18.3 Å². The van der Waals surface area contributed by atoms with Crippen LogP contribution in [0.25, 0.3) is 0 Å². The molecule has 0 saturated carbocycles. The highest BCUT2D eigenvalue weighted by molar-refractivity contribution is 5.85. The Labute approximate surface area is 118 Å². The maximum atomic E-state index is 12.4.